The number of carbonyl (C=O) groups excluding carboxylic acids is 1. The lowest BCUT2D eigenvalue weighted by Crippen LogP contribution is -2.14. The number of carbonyl (C=O) groups is 1. The van der Waals surface area contributed by atoms with Gasteiger partial charge in [-0.3, -0.25) is 4.79 Å². The maximum absolute atomic E-state index is 12.2. The van der Waals surface area contributed by atoms with Crippen molar-refractivity contribution in [2.24, 2.45) is 0 Å². The Morgan fingerprint density at radius 1 is 1.22 bits per heavy atom. The number of furan rings is 1. The highest BCUT2D eigenvalue weighted by Gasteiger charge is 2.10. The van der Waals surface area contributed by atoms with Gasteiger partial charge in [-0.2, -0.15) is 0 Å². The van der Waals surface area contributed by atoms with Crippen LogP contribution in [0, 0.1) is 13.8 Å². The molecule has 0 saturated carbocycles. The summed E-state index contributed by atoms with van der Waals surface area (Å²) in [4.78, 5) is 12.2. The Bertz CT molecular complexity index is 855. The fourth-order valence-corrected chi connectivity index (χ4v) is 3.53. The summed E-state index contributed by atoms with van der Waals surface area (Å²) in [5.74, 6) is 2.62. The van der Waals surface area contributed by atoms with Crippen molar-refractivity contribution in [2.75, 3.05) is 11.1 Å². The first-order valence-corrected chi connectivity index (χ1v) is 9.75. The van der Waals surface area contributed by atoms with Gasteiger partial charge in [0.25, 0.3) is 0 Å². The molecule has 0 atom stereocenters. The Morgan fingerprint density at radius 3 is 2.85 bits per heavy atom. The fraction of sp³-hybridized carbons (Fsp3) is 0.300. The molecule has 0 bridgehead atoms. The maximum Gasteiger partial charge on any atom is 0.234 e. The molecule has 7 heteroatoms. The minimum atomic E-state index is -0.0413. The van der Waals surface area contributed by atoms with Crippen molar-refractivity contribution in [3.8, 4) is 0 Å². The average molecular weight is 386 g/mol. The molecule has 0 aliphatic heterocycles. The summed E-state index contributed by atoms with van der Waals surface area (Å²) in [6, 6.07) is 11.4. The molecule has 1 aromatic carbocycles. The second kappa shape index (κ2) is 9.43. The van der Waals surface area contributed by atoms with E-state index < -0.39 is 0 Å². The number of aromatic nitrogens is 1. The summed E-state index contributed by atoms with van der Waals surface area (Å²) in [7, 11) is 0. The van der Waals surface area contributed by atoms with Crippen molar-refractivity contribution in [1.29, 1.82) is 0 Å². The van der Waals surface area contributed by atoms with Crippen LogP contribution in [0.4, 0.5) is 5.69 Å². The molecule has 142 valence electrons. The molecular formula is C20H22N2O4S. The normalized spacial score (nSPS) is 10.9. The zero-order valence-electron chi connectivity index (χ0n) is 15.4. The molecule has 0 radical (unpaired) electrons. The number of rotatable bonds is 9. The van der Waals surface area contributed by atoms with E-state index in [1.165, 1.54) is 11.8 Å². The van der Waals surface area contributed by atoms with E-state index in [4.69, 9.17) is 13.7 Å². The number of benzene rings is 1. The predicted octanol–water partition coefficient (Wildman–Crippen LogP) is 4.47. The third kappa shape index (κ3) is 5.74. The Morgan fingerprint density at radius 2 is 2.11 bits per heavy atom. The summed E-state index contributed by atoms with van der Waals surface area (Å²) < 4.78 is 16.0. The van der Waals surface area contributed by atoms with Crippen LogP contribution in [0.15, 0.2) is 51.6 Å². The molecule has 0 saturated heterocycles. The highest BCUT2D eigenvalue weighted by molar-refractivity contribution is 7.99. The van der Waals surface area contributed by atoms with E-state index in [9.17, 15) is 4.79 Å². The van der Waals surface area contributed by atoms with Crippen LogP contribution in [0.1, 0.15) is 28.3 Å². The van der Waals surface area contributed by atoms with E-state index in [-0.39, 0.29) is 5.91 Å². The van der Waals surface area contributed by atoms with Gasteiger partial charge < -0.3 is 19.0 Å². The zero-order chi connectivity index (χ0) is 19.1. The number of nitrogens with zero attached hydrogens (tertiary/aromatic N) is 1. The molecule has 3 rings (SSSR count). The Kier molecular flexibility index (Phi) is 6.73. The second-order valence-corrected chi connectivity index (χ2v) is 7.10. The van der Waals surface area contributed by atoms with Crippen molar-refractivity contribution in [3.63, 3.8) is 0 Å². The zero-order valence-corrected chi connectivity index (χ0v) is 16.2. The SMILES string of the molecule is Cc1noc(C)c1CSCC(=O)Nc1cccc(COCc2ccco2)c1. The molecule has 1 amide bonds. The molecule has 2 aromatic heterocycles. The van der Waals surface area contributed by atoms with Gasteiger partial charge in [0.1, 0.15) is 18.1 Å². The van der Waals surface area contributed by atoms with Crippen LogP contribution in [0.2, 0.25) is 0 Å². The third-order valence-electron chi connectivity index (χ3n) is 3.96. The average Bonchev–Trinajstić information content (AvgIpc) is 3.27. The number of amides is 1. The van der Waals surface area contributed by atoms with Gasteiger partial charge in [-0.05, 0) is 43.7 Å². The van der Waals surface area contributed by atoms with Crippen LogP contribution in [0.25, 0.3) is 0 Å². The van der Waals surface area contributed by atoms with Crippen LogP contribution in [0.5, 0.6) is 0 Å². The lowest BCUT2D eigenvalue weighted by Gasteiger charge is -2.08. The fourth-order valence-electron chi connectivity index (χ4n) is 2.55. The summed E-state index contributed by atoms with van der Waals surface area (Å²) in [5.41, 5.74) is 3.69. The lowest BCUT2D eigenvalue weighted by atomic mass is 10.2. The van der Waals surface area contributed by atoms with Gasteiger partial charge in [-0.1, -0.05) is 17.3 Å². The molecule has 6 nitrogen and oxygen atoms in total. The van der Waals surface area contributed by atoms with E-state index in [1.54, 1.807) is 6.26 Å². The monoisotopic (exact) mass is 386 g/mol. The first-order chi connectivity index (χ1) is 13.1. The quantitative estimate of drug-likeness (QED) is 0.584. The van der Waals surface area contributed by atoms with Crippen molar-refractivity contribution < 1.29 is 18.5 Å². The second-order valence-electron chi connectivity index (χ2n) is 6.12. The van der Waals surface area contributed by atoms with Crippen LogP contribution in [-0.2, 0) is 28.5 Å². The Balaban J connectivity index is 1.43. The van der Waals surface area contributed by atoms with Gasteiger partial charge in [0.2, 0.25) is 5.91 Å². The maximum atomic E-state index is 12.2. The number of aryl methyl sites for hydroxylation is 2. The van der Waals surface area contributed by atoms with E-state index in [1.807, 2.05) is 50.2 Å². The van der Waals surface area contributed by atoms with Crippen molar-refractivity contribution >= 4 is 23.4 Å². The summed E-state index contributed by atoms with van der Waals surface area (Å²) >= 11 is 1.54. The highest BCUT2D eigenvalue weighted by Crippen LogP contribution is 2.20. The van der Waals surface area contributed by atoms with Crippen LogP contribution in [-0.4, -0.2) is 16.8 Å². The number of hydrogen-bond donors (Lipinski definition) is 1. The molecule has 0 spiro atoms. The van der Waals surface area contributed by atoms with Crippen molar-refractivity contribution in [2.45, 2.75) is 32.8 Å². The predicted molar refractivity (Wildman–Crippen MR) is 104 cm³/mol. The molecule has 0 fully saturated rings. The summed E-state index contributed by atoms with van der Waals surface area (Å²) in [6.07, 6.45) is 1.62. The van der Waals surface area contributed by atoms with Gasteiger partial charge in [-0.15, -0.1) is 11.8 Å². The van der Waals surface area contributed by atoms with Gasteiger partial charge >= 0.3 is 0 Å². The molecule has 27 heavy (non-hydrogen) atoms. The first-order valence-electron chi connectivity index (χ1n) is 8.60. The summed E-state index contributed by atoms with van der Waals surface area (Å²) in [6.45, 7) is 4.66. The Hall–Kier alpha value is -2.51. The van der Waals surface area contributed by atoms with E-state index in [2.05, 4.69) is 10.5 Å². The van der Waals surface area contributed by atoms with Crippen LogP contribution < -0.4 is 5.32 Å². The minimum absolute atomic E-state index is 0.0413. The number of nitrogens with one attached hydrogen (secondary N) is 1. The van der Waals surface area contributed by atoms with Gasteiger partial charge in [-0.25, -0.2) is 0 Å². The number of anilines is 1. The van der Waals surface area contributed by atoms with E-state index in [0.29, 0.717) is 24.7 Å². The molecule has 0 unspecified atom stereocenters. The van der Waals surface area contributed by atoms with Crippen molar-refractivity contribution in [1.82, 2.24) is 5.16 Å². The standard InChI is InChI=1S/C20H22N2O4S/c1-14-19(15(2)26-22-14)12-27-13-20(23)21-17-6-3-5-16(9-17)10-24-11-18-7-4-8-25-18/h3-9H,10-13H2,1-2H3,(H,21,23). The molecule has 2 heterocycles. The molecule has 0 aliphatic rings. The third-order valence-corrected chi connectivity index (χ3v) is 4.92. The largest absolute Gasteiger partial charge is 0.467 e. The smallest absolute Gasteiger partial charge is 0.234 e. The Labute approximate surface area is 162 Å². The lowest BCUT2D eigenvalue weighted by molar-refractivity contribution is -0.113. The molecule has 3 aromatic rings. The van der Waals surface area contributed by atoms with Gasteiger partial charge in [0, 0.05) is 17.0 Å². The first kappa shape index (κ1) is 19.3. The van der Waals surface area contributed by atoms with Gasteiger partial charge in [0.05, 0.1) is 24.3 Å². The number of thioether (sulfide) groups is 1. The minimum Gasteiger partial charge on any atom is -0.467 e. The number of ether oxygens (including phenoxy) is 1. The molecular weight excluding hydrogens is 364 g/mol. The van der Waals surface area contributed by atoms with Crippen molar-refractivity contribution in [3.05, 3.63) is 71.0 Å². The van der Waals surface area contributed by atoms with E-state index >= 15 is 0 Å². The topological polar surface area (TPSA) is 77.5 Å². The highest BCUT2D eigenvalue weighted by atomic mass is 32.2. The molecule has 0 aliphatic carbocycles. The number of hydrogen-bond acceptors (Lipinski definition) is 6. The van der Waals surface area contributed by atoms with Gasteiger partial charge in [0.15, 0.2) is 0 Å². The van der Waals surface area contributed by atoms with E-state index in [0.717, 1.165) is 34.0 Å². The van der Waals surface area contributed by atoms with Crippen LogP contribution >= 0.6 is 11.8 Å². The van der Waals surface area contributed by atoms with Crippen LogP contribution in [0.3, 0.4) is 0 Å². The molecule has 1 N–H and O–H groups in total. The summed E-state index contributed by atoms with van der Waals surface area (Å²) in [5, 5.41) is 6.85.